The molecule has 12 heteroatoms. The van der Waals surface area contributed by atoms with Crippen LogP contribution in [0.4, 0.5) is 14.4 Å². The zero-order chi connectivity index (χ0) is 35.0. The Morgan fingerprint density at radius 1 is 0.457 bits per heavy atom. The first-order valence-corrected chi connectivity index (χ1v) is 17.2. The number of nitrogens with zero attached hydrogens (tertiary/aromatic N) is 4. The van der Waals surface area contributed by atoms with Gasteiger partial charge in [-0.15, -0.1) is 0 Å². The molecule has 0 aromatic carbocycles. The Hall–Kier alpha value is -2.76. The smallest absolute Gasteiger partial charge is 0.410 e. The molecule has 1 aliphatic rings. The van der Waals surface area contributed by atoms with E-state index in [1.165, 1.54) is 24.2 Å². The standard InChI is InChI=1S/C34H65N5O7/c1-32(2,3)44-29(41)37-22-20-36(28(40)18-16-14-12-10-11-13-15-17-19-35)21-23-38(30(42)45-33(4,5)6)25-27-39(26-24-37)31(43)46-34(7,8)9/h10-27,35H2,1-9H3. The molecule has 0 aliphatic carbocycles. The van der Waals surface area contributed by atoms with E-state index in [1.54, 1.807) is 77.0 Å². The second-order valence-electron chi connectivity index (χ2n) is 15.2. The highest BCUT2D eigenvalue weighted by Gasteiger charge is 2.30. The first kappa shape index (κ1) is 41.3. The topological polar surface area (TPSA) is 135 Å². The molecular weight excluding hydrogens is 590 g/mol. The fraction of sp³-hybridized carbons (Fsp3) is 0.882. The number of rotatable bonds is 10. The predicted molar refractivity (Wildman–Crippen MR) is 181 cm³/mol. The molecule has 2 N–H and O–H groups in total. The van der Waals surface area contributed by atoms with Crippen molar-refractivity contribution in [3.05, 3.63) is 0 Å². The quantitative estimate of drug-likeness (QED) is 0.223. The molecule has 1 fully saturated rings. The average Bonchev–Trinajstić information content (AvgIpc) is 2.89. The van der Waals surface area contributed by atoms with E-state index in [4.69, 9.17) is 19.9 Å². The third-order valence-corrected chi connectivity index (χ3v) is 7.21. The Kier molecular flexibility index (Phi) is 17.8. The summed E-state index contributed by atoms with van der Waals surface area (Å²) in [4.78, 5) is 59.5. The molecule has 46 heavy (non-hydrogen) atoms. The minimum atomic E-state index is -0.720. The second kappa shape index (κ2) is 19.8. The van der Waals surface area contributed by atoms with Gasteiger partial charge in [-0.25, -0.2) is 14.4 Å². The number of nitrogens with two attached hydrogens (primary N) is 1. The molecular formula is C34H65N5O7. The van der Waals surface area contributed by atoms with Crippen molar-refractivity contribution >= 4 is 24.2 Å². The molecule has 0 spiro atoms. The zero-order valence-corrected chi connectivity index (χ0v) is 30.5. The fourth-order valence-electron chi connectivity index (χ4n) is 4.83. The van der Waals surface area contributed by atoms with E-state index in [1.807, 2.05) is 0 Å². The lowest BCUT2D eigenvalue weighted by Crippen LogP contribution is -2.52. The Morgan fingerprint density at radius 3 is 1.00 bits per heavy atom. The minimum absolute atomic E-state index is 0.0105. The number of carbonyl (C=O) groups excluding carboxylic acids is 4. The van der Waals surface area contributed by atoms with Crippen LogP contribution in [0.2, 0.25) is 0 Å². The van der Waals surface area contributed by atoms with E-state index in [9.17, 15) is 19.2 Å². The van der Waals surface area contributed by atoms with E-state index < -0.39 is 35.1 Å². The van der Waals surface area contributed by atoms with Crippen LogP contribution in [0.5, 0.6) is 0 Å². The molecule has 0 radical (unpaired) electrons. The van der Waals surface area contributed by atoms with Crippen molar-refractivity contribution in [3.8, 4) is 0 Å². The van der Waals surface area contributed by atoms with E-state index >= 15 is 0 Å². The molecule has 268 valence electrons. The number of unbranched alkanes of at least 4 members (excludes halogenated alkanes) is 7. The first-order valence-electron chi connectivity index (χ1n) is 17.2. The summed E-state index contributed by atoms with van der Waals surface area (Å²) in [6.45, 7) is 18.6. The van der Waals surface area contributed by atoms with Crippen molar-refractivity contribution in [2.45, 2.75) is 137 Å². The van der Waals surface area contributed by atoms with Crippen LogP contribution in [-0.2, 0) is 19.0 Å². The fourth-order valence-corrected chi connectivity index (χ4v) is 4.83. The molecule has 0 atom stereocenters. The van der Waals surface area contributed by atoms with Gasteiger partial charge in [0.05, 0.1) is 0 Å². The maximum absolute atomic E-state index is 13.5. The van der Waals surface area contributed by atoms with Crippen LogP contribution >= 0.6 is 0 Å². The largest absolute Gasteiger partial charge is 0.444 e. The van der Waals surface area contributed by atoms with Gasteiger partial charge in [-0.3, -0.25) is 4.79 Å². The number of hydrogen-bond acceptors (Lipinski definition) is 8. The van der Waals surface area contributed by atoms with Gasteiger partial charge in [-0.05, 0) is 81.7 Å². The van der Waals surface area contributed by atoms with Crippen LogP contribution in [0.1, 0.15) is 120 Å². The molecule has 1 heterocycles. The maximum atomic E-state index is 13.5. The third kappa shape index (κ3) is 19.0. The van der Waals surface area contributed by atoms with Crippen LogP contribution in [0.3, 0.4) is 0 Å². The van der Waals surface area contributed by atoms with Gasteiger partial charge in [-0.1, -0.05) is 38.5 Å². The van der Waals surface area contributed by atoms with Crippen molar-refractivity contribution in [2.24, 2.45) is 5.73 Å². The minimum Gasteiger partial charge on any atom is -0.444 e. The molecule has 1 rings (SSSR count). The lowest BCUT2D eigenvalue weighted by molar-refractivity contribution is -0.132. The predicted octanol–water partition coefficient (Wildman–Crippen LogP) is 6.01. The van der Waals surface area contributed by atoms with Gasteiger partial charge >= 0.3 is 18.3 Å². The number of carbonyl (C=O) groups is 4. The van der Waals surface area contributed by atoms with E-state index in [0.29, 0.717) is 6.42 Å². The molecule has 0 aromatic rings. The van der Waals surface area contributed by atoms with Crippen molar-refractivity contribution < 1.29 is 33.4 Å². The summed E-state index contributed by atoms with van der Waals surface area (Å²) in [5.74, 6) is -0.0105. The van der Waals surface area contributed by atoms with Crippen molar-refractivity contribution in [1.29, 1.82) is 0 Å². The molecule has 0 unspecified atom stereocenters. The van der Waals surface area contributed by atoms with Gasteiger partial charge in [0.25, 0.3) is 0 Å². The monoisotopic (exact) mass is 655 g/mol. The Morgan fingerprint density at radius 2 is 0.717 bits per heavy atom. The van der Waals surface area contributed by atoms with E-state index in [2.05, 4.69) is 0 Å². The van der Waals surface area contributed by atoms with Crippen LogP contribution in [-0.4, -0.2) is 119 Å². The van der Waals surface area contributed by atoms with E-state index in [-0.39, 0.29) is 58.3 Å². The van der Waals surface area contributed by atoms with Crippen molar-refractivity contribution in [1.82, 2.24) is 19.6 Å². The van der Waals surface area contributed by atoms with E-state index in [0.717, 1.165) is 38.6 Å². The molecule has 0 bridgehead atoms. The molecule has 0 aromatic heterocycles. The lowest BCUT2D eigenvalue weighted by Gasteiger charge is -2.36. The molecule has 1 saturated heterocycles. The van der Waals surface area contributed by atoms with Crippen molar-refractivity contribution in [2.75, 3.05) is 58.9 Å². The van der Waals surface area contributed by atoms with Gasteiger partial charge in [0, 0.05) is 58.8 Å². The normalized spacial score (nSPS) is 16.0. The number of hydrogen-bond donors (Lipinski definition) is 1. The van der Waals surface area contributed by atoms with Crippen LogP contribution in [0, 0.1) is 0 Å². The SMILES string of the molecule is CC(C)(C)OC(=O)N1CCN(C(=O)CCCCCCCCCCN)CCN(C(=O)OC(C)(C)C)CCN(C(=O)OC(C)(C)C)CC1. The molecule has 1 aliphatic heterocycles. The first-order chi connectivity index (χ1) is 21.3. The average molecular weight is 656 g/mol. The maximum Gasteiger partial charge on any atom is 0.410 e. The summed E-state index contributed by atoms with van der Waals surface area (Å²) in [6, 6.07) is 0. The van der Waals surface area contributed by atoms with Gasteiger partial charge in [0.1, 0.15) is 16.8 Å². The zero-order valence-electron chi connectivity index (χ0n) is 30.5. The summed E-state index contributed by atoms with van der Waals surface area (Å²) >= 11 is 0. The lowest BCUT2D eigenvalue weighted by atomic mass is 10.1. The number of ether oxygens (including phenoxy) is 3. The summed E-state index contributed by atoms with van der Waals surface area (Å²) in [5.41, 5.74) is 3.43. The van der Waals surface area contributed by atoms with Crippen LogP contribution in [0.15, 0.2) is 0 Å². The highest BCUT2D eigenvalue weighted by molar-refractivity contribution is 5.76. The van der Waals surface area contributed by atoms with Crippen molar-refractivity contribution in [3.63, 3.8) is 0 Å². The van der Waals surface area contributed by atoms with Gasteiger partial charge < -0.3 is 39.5 Å². The van der Waals surface area contributed by atoms with Gasteiger partial charge in [0.2, 0.25) is 5.91 Å². The molecule has 4 amide bonds. The Balaban J connectivity index is 3.12. The highest BCUT2D eigenvalue weighted by atomic mass is 16.6. The Labute approximate surface area is 278 Å². The summed E-state index contributed by atoms with van der Waals surface area (Å²) in [7, 11) is 0. The third-order valence-electron chi connectivity index (χ3n) is 7.21. The molecule has 0 saturated carbocycles. The molecule has 12 nitrogen and oxygen atoms in total. The van der Waals surface area contributed by atoms with Gasteiger partial charge in [0.15, 0.2) is 0 Å². The van der Waals surface area contributed by atoms with Crippen LogP contribution < -0.4 is 5.73 Å². The summed E-state index contributed by atoms with van der Waals surface area (Å²) in [5, 5.41) is 0. The number of amides is 4. The van der Waals surface area contributed by atoms with Crippen LogP contribution in [0.25, 0.3) is 0 Å². The second-order valence-corrected chi connectivity index (χ2v) is 15.2. The highest BCUT2D eigenvalue weighted by Crippen LogP contribution is 2.16. The summed E-state index contributed by atoms with van der Waals surface area (Å²) < 4.78 is 17.0. The summed E-state index contributed by atoms with van der Waals surface area (Å²) in [6.07, 6.45) is 7.47. The van der Waals surface area contributed by atoms with Gasteiger partial charge in [-0.2, -0.15) is 0 Å². The Bertz CT molecular complexity index is 896.